The third-order valence-electron chi connectivity index (χ3n) is 4.81. The summed E-state index contributed by atoms with van der Waals surface area (Å²) in [4.78, 5) is 35.8. The molecule has 0 amide bonds. The number of nitro benzene ring substituents is 1. The molecule has 0 saturated carbocycles. The van der Waals surface area contributed by atoms with E-state index in [9.17, 15) is 19.7 Å². The van der Waals surface area contributed by atoms with Gasteiger partial charge in [-0.1, -0.05) is 29.3 Å². The lowest BCUT2D eigenvalue weighted by Gasteiger charge is -2.08. The van der Waals surface area contributed by atoms with E-state index in [-0.39, 0.29) is 39.0 Å². The number of nitro groups is 1. The van der Waals surface area contributed by atoms with E-state index >= 15 is 0 Å². The summed E-state index contributed by atoms with van der Waals surface area (Å²) in [5, 5.41) is 12.0. The third-order valence-corrected chi connectivity index (χ3v) is 5.35. The maximum atomic E-state index is 12.9. The van der Waals surface area contributed by atoms with E-state index in [1.807, 2.05) is 0 Å². The predicted octanol–water partition coefficient (Wildman–Crippen LogP) is 6.20. The van der Waals surface area contributed by atoms with E-state index in [1.165, 1.54) is 55.7 Å². The first-order valence-electron chi connectivity index (χ1n) is 9.23. The van der Waals surface area contributed by atoms with Crippen molar-refractivity contribution < 1.29 is 18.9 Å². The van der Waals surface area contributed by atoms with Crippen LogP contribution in [0.5, 0.6) is 5.75 Å². The van der Waals surface area contributed by atoms with E-state index < -0.39 is 10.9 Å². The Morgan fingerprint density at radius 2 is 1.81 bits per heavy atom. The van der Waals surface area contributed by atoms with Gasteiger partial charge in [0.05, 0.1) is 26.5 Å². The zero-order chi connectivity index (χ0) is 23.0. The van der Waals surface area contributed by atoms with E-state index in [2.05, 4.69) is 0 Å². The molecule has 0 unspecified atom stereocenters. The molecule has 7 nitrogen and oxygen atoms in total. The van der Waals surface area contributed by atoms with Crippen LogP contribution in [-0.4, -0.2) is 10.9 Å². The highest BCUT2D eigenvalue weighted by molar-refractivity contribution is 6.36. The molecule has 0 bridgehead atoms. The third kappa shape index (κ3) is 4.08. The second kappa shape index (κ2) is 8.45. The molecular weight excluding hydrogens is 457 g/mol. The van der Waals surface area contributed by atoms with Crippen LogP contribution in [0.25, 0.3) is 22.1 Å². The van der Waals surface area contributed by atoms with Crippen molar-refractivity contribution in [2.24, 2.45) is 0 Å². The van der Waals surface area contributed by atoms with Crippen molar-refractivity contribution in [3.63, 3.8) is 0 Å². The standard InChI is InChI=1S/C23H13Cl2NO6/c1-12-8-13(2-7-20(12)26(29)30)23(28)32-15-4-6-17-21(10-15)31-11-18(22(17)27)16-5-3-14(24)9-19(16)25/h2-11H,1H3. The summed E-state index contributed by atoms with van der Waals surface area (Å²) >= 11 is 12.1. The Kier molecular flexibility index (Phi) is 5.69. The van der Waals surface area contributed by atoms with Gasteiger partial charge in [0.15, 0.2) is 0 Å². The van der Waals surface area contributed by atoms with Gasteiger partial charge in [0.25, 0.3) is 5.69 Å². The lowest BCUT2D eigenvalue weighted by molar-refractivity contribution is -0.385. The van der Waals surface area contributed by atoms with Crippen LogP contribution in [0.3, 0.4) is 0 Å². The Balaban J connectivity index is 1.64. The van der Waals surface area contributed by atoms with Gasteiger partial charge in [0, 0.05) is 28.3 Å². The molecule has 0 radical (unpaired) electrons. The van der Waals surface area contributed by atoms with Gasteiger partial charge in [-0.15, -0.1) is 0 Å². The first kappa shape index (κ1) is 21.5. The molecule has 0 atom stereocenters. The minimum absolute atomic E-state index is 0.0920. The van der Waals surface area contributed by atoms with Crippen molar-refractivity contribution in [3.05, 3.63) is 102 Å². The van der Waals surface area contributed by atoms with Gasteiger partial charge in [0.1, 0.15) is 17.6 Å². The molecule has 0 spiro atoms. The maximum Gasteiger partial charge on any atom is 0.343 e. The Morgan fingerprint density at radius 1 is 1.03 bits per heavy atom. The SMILES string of the molecule is Cc1cc(C(=O)Oc2ccc3c(=O)c(-c4ccc(Cl)cc4Cl)coc3c2)ccc1[N+](=O)[O-]. The molecule has 0 aliphatic carbocycles. The number of esters is 1. The summed E-state index contributed by atoms with van der Waals surface area (Å²) in [6.45, 7) is 1.53. The number of carbonyl (C=O) groups excluding carboxylic acids is 1. The molecule has 160 valence electrons. The van der Waals surface area contributed by atoms with Gasteiger partial charge in [-0.25, -0.2) is 4.79 Å². The molecular formula is C23H13Cl2NO6. The molecule has 4 aromatic rings. The van der Waals surface area contributed by atoms with Gasteiger partial charge < -0.3 is 9.15 Å². The minimum atomic E-state index is -0.700. The number of rotatable bonds is 4. The van der Waals surface area contributed by atoms with Gasteiger partial charge in [-0.05, 0) is 43.3 Å². The number of ether oxygens (including phenoxy) is 1. The average molecular weight is 470 g/mol. The molecule has 1 heterocycles. The highest BCUT2D eigenvalue weighted by Gasteiger charge is 2.17. The molecule has 0 saturated heterocycles. The molecule has 9 heteroatoms. The number of aryl methyl sites for hydroxylation is 1. The summed E-state index contributed by atoms with van der Waals surface area (Å²) in [6.07, 6.45) is 1.28. The van der Waals surface area contributed by atoms with Crippen molar-refractivity contribution in [1.29, 1.82) is 0 Å². The zero-order valence-corrected chi connectivity index (χ0v) is 17.9. The second-order valence-electron chi connectivity index (χ2n) is 6.91. The quantitative estimate of drug-likeness (QED) is 0.152. The Hall–Kier alpha value is -3.68. The van der Waals surface area contributed by atoms with E-state index in [4.69, 9.17) is 32.4 Å². The fourth-order valence-electron chi connectivity index (χ4n) is 3.22. The van der Waals surface area contributed by atoms with Crippen molar-refractivity contribution >= 4 is 45.8 Å². The lowest BCUT2D eigenvalue weighted by atomic mass is 10.1. The number of halogens is 2. The average Bonchev–Trinajstić information content (AvgIpc) is 2.74. The Bertz CT molecular complexity index is 1460. The van der Waals surface area contributed by atoms with Gasteiger partial charge >= 0.3 is 5.97 Å². The van der Waals surface area contributed by atoms with E-state index in [0.29, 0.717) is 21.2 Å². The summed E-state index contributed by atoms with van der Waals surface area (Å²) in [5.41, 5.74) is 1.06. The van der Waals surface area contributed by atoms with Crippen LogP contribution in [0.4, 0.5) is 5.69 Å². The summed E-state index contributed by atoms with van der Waals surface area (Å²) < 4.78 is 10.9. The first-order chi connectivity index (χ1) is 15.2. The van der Waals surface area contributed by atoms with Crippen molar-refractivity contribution in [1.82, 2.24) is 0 Å². The largest absolute Gasteiger partial charge is 0.463 e. The molecule has 1 aromatic heterocycles. The zero-order valence-electron chi connectivity index (χ0n) is 16.4. The molecule has 32 heavy (non-hydrogen) atoms. The summed E-state index contributed by atoms with van der Waals surface area (Å²) in [6, 6.07) is 13.1. The number of fused-ring (bicyclic) bond motifs is 1. The highest BCUT2D eigenvalue weighted by atomic mass is 35.5. The molecule has 0 fully saturated rings. The monoisotopic (exact) mass is 469 g/mol. The van der Waals surface area contributed by atoms with Crippen molar-refractivity contribution in [3.8, 4) is 16.9 Å². The van der Waals surface area contributed by atoms with Gasteiger partial charge in [0.2, 0.25) is 5.43 Å². The van der Waals surface area contributed by atoms with Crippen molar-refractivity contribution in [2.75, 3.05) is 0 Å². The minimum Gasteiger partial charge on any atom is -0.463 e. The predicted molar refractivity (Wildman–Crippen MR) is 121 cm³/mol. The first-order valence-corrected chi connectivity index (χ1v) is 9.98. The van der Waals surface area contributed by atoms with E-state index in [1.54, 1.807) is 12.1 Å². The van der Waals surface area contributed by atoms with E-state index in [0.717, 1.165) is 0 Å². The van der Waals surface area contributed by atoms with Crippen LogP contribution < -0.4 is 10.2 Å². The number of hydrogen-bond donors (Lipinski definition) is 0. The smallest absolute Gasteiger partial charge is 0.343 e. The summed E-state index contributed by atoms with van der Waals surface area (Å²) in [5.74, 6) is -0.548. The number of hydrogen-bond acceptors (Lipinski definition) is 6. The highest BCUT2D eigenvalue weighted by Crippen LogP contribution is 2.30. The lowest BCUT2D eigenvalue weighted by Crippen LogP contribution is -2.10. The van der Waals surface area contributed by atoms with Crippen LogP contribution in [0.15, 0.2) is 70.1 Å². The van der Waals surface area contributed by atoms with Crippen LogP contribution >= 0.6 is 23.2 Å². The molecule has 0 N–H and O–H groups in total. The van der Waals surface area contributed by atoms with Crippen LogP contribution in [-0.2, 0) is 0 Å². The fraction of sp³-hybridized carbons (Fsp3) is 0.0435. The van der Waals surface area contributed by atoms with Crippen molar-refractivity contribution in [2.45, 2.75) is 6.92 Å². The Morgan fingerprint density at radius 3 is 2.50 bits per heavy atom. The Labute approximate surface area is 190 Å². The fourth-order valence-corrected chi connectivity index (χ4v) is 3.73. The second-order valence-corrected chi connectivity index (χ2v) is 7.75. The van der Waals surface area contributed by atoms with Crippen LogP contribution in [0.2, 0.25) is 10.0 Å². The van der Waals surface area contributed by atoms with Crippen LogP contribution in [0, 0.1) is 17.0 Å². The topological polar surface area (TPSA) is 99.7 Å². The number of nitrogens with zero attached hydrogens (tertiary/aromatic N) is 1. The molecule has 3 aromatic carbocycles. The van der Waals surface area contributed by atoms with Gasteiger partial charge in [-0.2, -0.15) is 0 Å². The molecule has 0 aliphatic rings. The normalized spacial score (nSPS) is 10.8. The van der Waals surface area contributed by atoms with Crippen LogP contribution in [0.1, 0.15) is 15.9 Å². The number of benzene rings is 3. The van der Waals surface area contributed by atoms with Gasteiger partial charge in [-0.3, -0.25) is 14.9 Å². The number of carbonyl (C=O) groups is 1. The molecule has 4 rings (SSSR count). The maximum absolute atomic E-state index is 12.9. The summed E-state index contributed by atoms with van der Waals surface area (Å²) in [7, 11) is 0. The molecule has 0 aliphatic heterocycles.